The van der Waals surface area contributed by atoms with Gasteiger partial charge in [-0.1, -0.05) is 35.4 Å². The summed E-state index contributed by atoms with van der Waals surface area (Å²) in [6.07, 6.45) is -4.60. The SMILES string of the molecule is O=S(=O)(CC(F)(F)F)Nc1nnc(Cc2ccccc2)o1. The highest BCUT2D eigenvalue weighted by Crippen LogP contribution is 2.19. The third kappa shape index (κ3) is 5.06. The minimum Gasteiger partial charge on any atom is -0.407 e. The van der Waals surface area contributed by atoms with Crippen molar-refractivity contribution >= 4 is 16.0 Å². The number of alkyl halides is 3. The maximum atomic E-state index is 12.1. The molecule has 0 atom stereocenters. The lowest BCUT2D eigenvalue weighted by molar-refractivity contribution is -0.106. The molecule has 1 N–H and O–H groups in total. The summed E-state index contributed by atoms with van der Waals surface area (Å²) in [5, 5.41) is 6.92. The topological polar surface area (TPSA) is 85.1 Å². The van der Waals surface area contributed by atoms with Crippen LogP contribution in [-0.4, -0.2) is 30.5 Å². The number of aromatic nitrogens is 2. The fraction of sp³-hybridized carbons (Fsp3) is 0.273. The molecule has 0 radical (unpaired) electrons. The molecule has 1 heterocycles. The van der Waals surface area contributed by atoms with Crippen molar-refractivity contribution < 1.29 is 26.0 Å². The minimum atomic E-state index is -4.85. The first kappa shape index (κ1) is 15.3. The fourth-order valence-corrected chi connectivity index (χ4v) is 2.37. The van der Waals surface area contributed by atoms with Gasteiger partial charge < -0.3 is 4.42 Å². The minimum absolute atomic E-state index is 0.0888. The number of nitrogens with zero attached hydrogens (tertiary/aromatic N) is 2. The molecule has 0 aliphatic carbocycles. The lowest BCUT2D eigenvalue weighted by atomic mass is 10.2. The zero-order chi connectivity index (χ0) is 15.5. The zero-order valence-corrected chi connectivity index (χ0v) is 11.3. The molecule has 0 amide bonds. The van der Waals surface area contributed by atoms with Crippen LogP contribution in [-0.2, 0) is 16.4 Å². The largest absolute Gasteiger partial charge is 0.407 e. The highest BCUT2D eigenvalue weighted by molar-refractivity contribution is 7.92. The highest BCUT2D eigenvalue weighted by atomic mass is 32.2. The maximum Gasteiger partial charge on any atom is 0.404 e. The van der Waals surface area contributed by atoms with Crippen LogP contribution in [0.4, 0.5) is 19.2 Å². The number of sulfonamides is 1. The average molecular weight is 321 g/mol. The normalized spacial score (nSPS) is 12.3. The Morgan fingerprint density at radius 2 is 1.81 bits per heavy atom. The maximum absolute atomic E-state index is 12.1. The van der Waals surface area contributed by atoms with E-state index in [1.165, 1.54) is 0 Å². The summed E-state index contributed by atoms with van der Waals surface area (Å²) in [7, 11) is -4.62. The standard InChI is InChI=1S/C11H10F3N3O3S/c12-11(13,14)7-21(18,19)17-10-16-15-9(20-10)6-8-4-2-1-3-5-8/h1-5H,6-7H2,(H,16,17). The first-order valence-electron chi connectivity index (χ1n) is 5.67. The van der Waals surface area contributed by atoms with E-state index < -0.39 is 28.0 Å². The molecule has 0 unspecified atom stereocenters. The Bertz CT molecular complexity index is 698. The lowest BCUT2D eigenvalue weighted by Crippen LogP contribution is -2.27. The summed E-state index contributed by atoms with van der Waals surface area (Å²) in [6, 6.07) is 8.38. The molecule has 2 aromatic rings. The second-order valence-corrected chi connectivity index (χ2v) is 5.86. The van der Waals surface area contributed by atoms with Crippen molar-refractivity contribution in [2.24, 2.45) is 0 Å². The summed E-state index contributed by atoms with van der Waals surface area (Å²) >= 11 is 0. The Hall–Kier alpha value is -2.10. The van der Waals surface area contributed by atoms with E-state index in [1.807, 2.05) is 6.07 Å². The molecule has 114 valence electrons. The van der Waals surface area contributed by atoms with Crippen LogP contribution < -0.4 is 4.72 Å². The van der Waals surface area contributed by atoms with Gasteiger partial charge in [-0.15, -0.1) is 5.10 Å². The third-order valence-corrected chi connectivity index (χ3v) is 3.45. The van der Waals surface area contributed by atoms with Crippen LogP contribution in [0.5, 0.6) is 0 Å². The number of hydrogen-bond donors (Lipinski definition) is 1. The van der Waals surface area contributed by atoms with E-state index >= 15 is 0 Å². The van der Waals surface area contributed by atoms with Gasteiger partial charge in [-0.3, -0.25) is 0 Å². The Balaban J connectivity index is 2.04. The second kappa shape index (κ2) is 5.72. The third-order valence-electron chi connectivity index (χ3n) is 2.26. The first-order valence-corrected chi connectivity index (χ1v) is 7.32. The monoisotopic (exact) mass is 321 g/mol. The predicted octanol–water partition coefficient (Wildman–Crippen LogP) is 1.96. The molecule has 1 aromatic carbocycles. The molecule has 6 nitrogen and oxygen atoms in total. The van der Waals surface area contributed by atoms with Crippen LogP contribution >= 0.6 is 0 Å². The molecule has 0 fully saturated rings. The van der Waals surface area contributed by atoms with Crippen LogP contribution in [0.2, 0.25) is 0 Å². The molecule has 1 aromatic heterocycles. The van der Waals surface area contributed by atoms with Crippen molar-refractivity contribution in [1.82, 2.24) is 10.2 Å². The smallest absolute Gasteiger partial charge is 0.404 e. The van der Waals surface area contributed by atoms with E-state index in [-0.39, 0.29) is 12.3 Å². The summed E-state index contributed by atoms with van der Waals surface area (Å²) in [4.78, 5) is 0. The van der Waals surface area contributed by atoms with Crippen molar-refractivity contribution in [1.29, 1.82) is 0 Å². The summed E-state index contributed by atoms with van der Waals surface area (Å²) in [5.74, 6) is -1.93. The van der Waals surface area contributed by atoms with Crippen molar-refractivity contribution in [3.8, 4) is 0 Å². The van der Waals surface area contributed by atoms with Crippen LogP contribution in [0.3, 0.4) is 0 Å². The van der Waals surface area contributed by atoms with Gasteiger partial charge in [0.05, 0.1) is 6.42 Å². The van der Waals surface area contributed by atoms with Gasteiger partial charge in [0.2, 0.25) is 15.9 Å². The van der Waals surface area contributed by atoms with E-state index in [0.29, 0.717) is 0 Å². The summed E-state index contributed by atoms with van der Waals surface area (Å²) in [5.41, 5.74) is 0.839. The summed E-state index contributed by atoms with van der Waals surface area (Å²) < 4.78 is 65.2. The van der Waals surface area contributed by atoms with Crippen molar-refractivity contribution in [2.75, 3.05) is 10.5 Å². The van der Waals surface area contributed by atoms with E-state index in [4.69, 9.17) is 4.42 Å². The van der Waals surface area contributed by atoms with Gasteiger partial charge in [-0.2, -0.15) is 13.2 Å². The molecule has 0 aliphatic heterocycles. The van der Waals surface area contributed by atoms with Gasteiger partial charge >= 0.3 is 12.2 Å². The number of halogens is 3. The molecule has 0 aliphatic rings. The molecule has 2 rings (SSSR count). The first-order chi connectivity index (χ1) is 9.73. The summed E-state index contributed by atoms with van der Waals surface area (Å²) in [6.45, 7) is 0. The van der Waals surface area contributed by atoms with Crippen LogP contribution in [0.25, 0.3) is 0 Å². The zero-order valence-electron chi connectivity index (χ0n) is 10.5. The van der Waals surface area contributed by atoms with Crippen LogP contribution in [0, 0.1) is 0 Å². The van der Waals surface area contributed by atoms with E-state index in [0.717, 1.165) is 5.56 Å². The number of anilines is 1. The van der Waals surface area contributed by atoms with Gasteiger partial charge in [0.1, 0.15) is 0 Å². The molecule has 0 bridgehead atoms. The quantitative estimate of drug-likeness (QED) is 0.910. The van der Waals surface area contributed by atoms with Gasteiger partial charge in [-0.05, 0) is 5.56 Å². The van der Waals surface area contributed by atoms with Crippen molar-refractivity contribution in [3.63, 3.8) is 0 Å². The van der Waals surface area contributed by atoms with Crippen molar-refractivity contribution in [3.05, 3.63) is 41.8 Å². The van der Waals surface area contributed by atoms with Gasteiger partial charge in [0.15, 0.2) is 5.75 Å². The Kier molecular flexibility index (Phi) is 4.16. The molecule has 10 heteroatoms. The van der Waals surface area contributed by atoms with Gasteiger partial charge in [0, 0.05) is 0 Å². The van der Waals surface area contributed by atoms with Crippen molar-refractivity contribution in [2.45, 2.75) is 12.6 Å². The Morgan fingerprint density at radius 1 is 1.14 bits per heavy atom. The number of benzene rings is 1. The average Bonchev–Trinajstić information content (AvgIpc) is 2.73. The molecular formula is C11H10F3N3O3S. The second-order valence-electron chi connectivity index (χ2n) is 4.14. The predicted molar refractivity (Wildman–Crippen MR) is 67.0 cm³/mol. The van der Waals surface area contributed by atoms with Gasteiger partial charge in [-0.25, -0.2) is 13.1 Å². The molecule has 0 spiro atoms. The fourth-order valence-electron chi connectivity index (χ4n) is 1.52. The van der Waals surface area contributed by atoms with Crippen LogP contribution in [0.15, 0.2) is 34.7 Å². The highest BCUT2D eigenvalue weighted by Gasteiger charge is 2.35. The van der Waals surface area contributed by atoms with E-state index in [2.05, 4.69) is 10.2 Å². The van der Waals surface area contributed by atoms with Crippen LogP contribution in [0.1, 0.15) is 11.5 Å². The molecular weight excluding hydrogens is 311 g/mol. The Labute approximate surface area is 118 Å². The van der Waals surface area contributed by atoms with Gasteiger partial charge in [0.25, 0.3) is 0 Å². The lowest BCUT2D eigenvalue weighted by Gasteiger charge is -2.06. The molecule has 0 saturated carbocycles. The Morgan fingerprint density at radius 3 is 2.43 bits per heavy atom. The number of rotatable bonds is 5. The van der Waals surface area contributed by atoms with E-state index in [1.54, 1.807) is 29.0 Å². The van der Waals surface area contributed by atoms with E-state index in [9.17, 15) is 21.6 Å². The number of hydrogen-bond acceptors (Lipinski definition) is 5. The molecule has 0 saturated heterocycles. The molecule has 21 heavy (non-hydrogen) atoms. The number of nitrogens with one attached hydrogen (secondary N) is 1.